The smallest absolute Gasteiger partial charge is 0.416 e. The summed E-state index contributed by atoms with van der Waals surface area (Å²) in [5.74, 6) is -4.81. The first-order chi connectivity index (χ1) is 23.6. The molecule has 0 saturated heterocycles. The lowest BCUT2D eigenvalue weighted by molar-refractivity contribution is -0.153. The lowest BCUT2D eigenvalue weighted by Crippen LogP contribution is -2.59. The maximum absolute atomic E-state index is 14.3. The largest absolute Gasteiger partial charge is 0.446 e. The van der Waals surface area contributed by atoms with Crippen LogP contribution in [0.5, 0.6) is 0 Å². The van der Waals surface area contributed by atoms with Crippen molar-refractivity contribution in [2.24, 2.45) is 23.0 Å². The number of allylic oxidation sites excluding steroid dienone is 1. The number of carbonyl (C=O) groups excluding carboxylic acids is 4. The molecule has 3 fully saturated rings. The predicted molar refractivity (Wildman–Crippen MR) is 174 cm³/mol. The number of anilines is 1. The molecule has 3 saturated carbocycles. The van der Waals surface area contributed by atoms with Crippen LogP contribution in [-0.2, 0) is 35.1 Å². The van der Waals surface area contributed by atoms with Crippen LogP contribution >= 0.6 is 0 Å². The summed E-state index contributed by atoms with van der Waals surface area (Å²) in [6.07, 6.45) is -0.120. The molecule has 4 amide bonds. The second-order valence-electron chi connectivity index (χ2n) is 13.5. The van der Waals surface area contributed by atoms with E-state index in [0.29, 0.717) is 38.6 Å². The minimum absolute atomic E-state index is 0.0966. The average Bonchev–Trinajstić information content (AvgIpc) is 3.99. The van der Waals surface area contributed by atoms with E-state index in [1.165, 1.54) is 18.1 Å². The minimum atomic E-state index is -4.73. The van der Waals surface area contributed by atoms with Crippen LogP contribution < -0.4 is 16.4 Å². The highest BCUT2D eigenvalue weighted by atomic mass is 32.2. The van der Waals surface area contributed by atoms with Crippen LogP contribution in [-0.4, -0.2) is 71.9 Å². The summed E-state index contributed by atoms with van der Waals surface area (Å²) in [4.78, 5) is 58.8. The predicted octanol–water partition coefficient (Wildman–Crippen LogP) is 4.17. The number of fused-ring (bicyclic) bond motifs is 2. The van der Waals surface area contributed by atoms with Crippen LogP contribution in [0.1, 0.15) is 56.9 Å². The van der Waals surface area contributed by atoms with Gasteiger partial charge in [0.25, 0.3) is 0 Å². The Hall–Kier alpha value is -4.47. The molecule has 12 nitrogen and oxygen atoms in total. The Morgan fingerprint density at radius 3 is 2.54 bits per heavy atom. The molecule has 1 aromatic carbocycles. The minimum Gasteiger partial charge on any atom is -0.446 e. The third-order valence-electron chi connectivity index (χ3n) is 10.2. The second kappa shape index (κ2) is 13.0. The number of nitrogens with zero attached hydrogens (tertiary/aromatic N) is 2. The van der Waals surface area contributed by atoms with E-state index in [0.717, 1.165) is 18.2 Å². The number of carbonyl (C=O) groups is 4. The van der Waals surface area contributed by atoms with E-state index < -0.39 is 85.3 Å². The number of benzene rings is 1. The summed E-state index contributed by atoms with van der Waals surface area (Å²) in [5, 5.41) is 4.35. The monoisotopic (exact) mass is 717 g/mol. The Morgan fingerprint density at radius 1 is 1.12 bits per heavy atom. The number of hydrogen-bond donors (Lipinski definition) is 3. The number of sulfone groups is 1. The Labute approximate surface area is 286 Å². The first kappa shape index (κ1) is 35.4. The summed E-state index contributed by atoms with van der Waals surface area (Å²) in [7, 11) is -2.37. The van der Waals surface area contributed by atoms with Crippen LogP contribution in [0, 0.1) is 17.3 Å². The number of aromatic nitrogens is 1. The van der Waals surface area contributed by atoms with Crippen LogP contribution in [0.4, 0.5) is 23.7 Å². The molecule has 4 aliphatic rings. The molecule has 268 valence electrons. The lowest BCUT2D eigenvalue weighted by Gasteiger charge is -2.34. The van der Waals surface area contributed by atoms with Gasteiger partial charge in [-0.15, -0.1) is 0 Å². The van der Waals surface area contributed by atoms with Crippen LogP contribution in [0.3, 0.4) is 0 Å². The Balaban J connectivity index is 1.32. The van der Waals surface area contributed by atoms with Crippen molar-refractivity contribution >= 4 is 39.3 Å². The highest BCUT2D eigenvalue weighted by Gasteiger charge is 2.70. The number of pyridine rings is 1. The van der Waals surface area contributed by atoms with Crippen LogP contribution in [0.15, 0.2) is 54.7 Å². The van der Waals surface area contributed by atoms with Gasteiger partial charge in [-0.3, -0.25) is 24.7 Å². The van der Waals surface area contributed by atoms with E-state index in [-0.39, 0.29) is 29.8 Å². The molecule has 0 bridgehead atoms. The number of ether oxygens (including phenoxy) is 1. The molecule has 6 rings (SSSR count). The van der Waals surface area contributed by atoms with Crippen molar-refractivity contribution in [1.29, 1.82) is 0 Å². The van der Waals surface area contributed by atoms with Gasteiger partial charge in [-0.2, -0.15) is 13.2 Å². The van der Waals surface area contributed by atoms with Gasteiger partial charge in [0.05, 0.1) is 28.1 Å². The molecule has 4 N–H and O–H groups in total. The molecule has 1 aromatic heterocycles. The zero-order valence-electron chi connectivity index (χ0n) is 27.2. The van der Waals surface area contributed by atoms with Gasteiger partial charge in [0.2, 0.25) is 17.7 Å². The highest BCUT2D eigenvalue weighted by molar-refractivity contribution is 7.94. The molecule has 0 spiro atoms. The number of nitrogens with one attached hydrogen (secondary N) is 2. The number of nitrogens with two attached hydrogens (primary N) is 1. The molecule has 3 aliphatic carbocycles. The fourth-order valence-electron chi connectivity index (χ4n) is 7.21. The number of halogens is 3. The highest BCUT2D eigenvalue weighted by Crippen LogP contribution is 2.55. The molecule has 0 radical (unpaired) electrons. The van der Waals surface area contributed by atoms with Gasteiger partial charge in [0.15, 0.2) is 9.84 Å². The molecule has 5 unspecified atom stereocenters. The molecule has 50 heavy (non-hydrogen) atoms. The van der Waals surface area contributed by atoms with Crippen LogP contribution in [0.25, 0.3) is 11.3 Å². The van der Waals surface area contributed by atoms with Gasteiger partial charge in [-0.25, -0.2) is 13.2 Å². The third kappa shape index (κ3) is 6.44. The van der Waals surface area contributed by atoms with Gasteiger partial charge in [-0.05, 0) is 69.2 Å². The first-order valence-corrected chi connectivity index (χ1v) is 18.0. The summed E-state index contributed by atoms with van der Waals surface area (Å²) >= 11 is 0. The van der Waals surface area contributed by atoms with E-state index in [4.69, 9.17) is 10.5 Å². The number of hydrogen-bond acceptors (Lipinski definition) is 8. The average molecular weight is 718 g/mol. The van der Waals surface area contributed by atoms with Gasteiger partial charge < -0.3 is 20.7 Å². The second-order valence-corrected chi connectivity index (χ2v) is 16.0. The quantitative estimate of drug-likeness (QED) is 0.295. The SMILES string of the molecule is CN1CCCC/C=C\C2CC2(S(=O)(=O)C2CC2)NC(=O)C2(C(N)=O)CC(OC(=O)Nc3cc(C(F)(F)F)ccc3-c3ccccn3)CC2C1=O. The van der Waals surface area contributed by atoms with Crippen molar-refractivity contribution < 1.29 is 45.5 Å². The maximum Gasteiger partial charge on any atom is 0.416 e. The number of primary amides is 1. The Bertz CT molecular complexity index is 1840. The summed E-state index contributed by atoms with van der Waals surface area (Å²) in [6.45, 7) is 0.293. The molecule has 2 heterocycles. The summed E-state index contributed by atoms with van der Waals surface area (Å²) in [6, 6.07) is 7.51. The fourth-order valence-corrected chi connectivity index (χ4v) is 9.71. The molecule has 5 atom stereocenters. The zero-order valence-corrected chi connectivity index (χ0v) is 28.1. The van der Waals surface area contributed by atoms with Gasteiger partial charge in [0, 0.05) is 37.7 Å². The Kier molecular flexibility index (Phi) is 9.20. The van der Waals surface area contributed by atoms with Crippen LogP contribution in [0.2, 0.25) is 0 Å². The van der Waals surface area contributed by atoms with E-state index in [1.807, 2.05) is 6.08 Å². The van der Waals surface area contributed by atoms with E-state index in [1.54, 1.807) is 24.3 Å². The van der Waals surface area contributed by atoms with Crippen molar-refractivity contribution in [1.82, 2.24) is 15.2 Å². The van der Waals surface area contributed by atoms with Gasteiger partial charge >= 0.3 is 12.3 Å². The van der Waals surface area contributed by atoms with Gasteiger partial charge in [-0.1, -0.05) is 24.3 Å². The molecular formula is C34H38F3N5O7S. The Morgan fingerprint density at radius 2 is 1.88 bits per heavy atom. The molecule has 1 aliphatic heterocycles. The van der Waals surface area contributed by atoms with E-state index >= 15 is 0 Å². The number of alkyl halides is 3. The molecular weight excluding hydrogens is 679 g/mol. The van der Waals surface area contributed by atoms with Gasteiger partial charge in [0.1, 0.15) is 16.4 Å². The lowest BCUT2D eigenvalue weighted by atomic mass is 9.75. The normalized spacial score (nSPS) is 29.5. The third-order valence-corrected chi connectivity index (χ3v) is 13.1. The standard InChI is InChI=1S/C34H38F3N5O7S/c1-42-15-7-3-2-4-8-21-18-33(21,50(47,48)23-11-12-23)41-30(45)32(29(38)44)19-22(17-25(32)28(42)43)49-31(46)40-27-16-20(34(35,36)37)10-13-24(27)26-9-5-6-14-39-26/h4-6,8-10,13-14,16,21-23,25H,2-3,7,11-12,15,17-19H2,1H3,(H2,38,44)(H,40,46)(H,41,45)/b8-4-. The first-order valence-electron chi connectivity index (χ1n) is 16.5. The molecule has 16 heteroatoms. The van der Waals surface area contributed by atoms with Crippen molar-refractivity contribution in [3.05, 3.63) is 60.3 Å². The van der Waals surface area contributed by atoms with Crippen molar-refractivity contribution in [2.45, 2.75) is 73.8 Å². The topological polar surface area (TPSA) is 178 Å². The van der Waals surface area contributed by atoms with E-state index in [2.05, 4.69) is 15.6 Å². The number of amides is 4. The summed E-state index contributed by atoms with van der Waals surface area (Å²) in [5.41, 5.74) is 2.74. The van der Waals surface area contributed by atoms with Crippen molar-refractivity contribution in [3.8, 4) is 11.3 Å². The fraction of sp³-hybridized carbons (Fsp3) is 0.500. The van der Waals surface area contributed by atoms with E-state index in [9.17, 15) is 40.8 Å². The van der Waals surface area contributed by atoms with Crippen molar-refractivity contribution in [3.63, 3.8) is 0 Å². The summed E-state index contributed by atoms with van der Waals surface area (Å²) < 4.78 is 73.9. The zero-order chi connectivity index (χ0) is 36.1. The molecule has 2 aromatic rings. The van der Waals surface area contributed by atoms with Crippen molar-refractivity contribution in [2.75, 3.05) is 18.9 Å². The number of rotatable bonds is 6. The maximum atomic E-state index is 14.3.